The summed E-state index contributed by atoms with van der Waals surface area (Å²) in [6, 6.07) is 10.7. The van der Waals surface area contributed by atoms with E-state index in [0.717, 1.165) is 26.0 Å². The molecule has 1 aromatic rings. The molecule has 2 atom stereocenters. The standard InChI is InChI=1S/C15H23NO/c1-15(8-9-16-2)11-14(12-17-15)10-13-6-4-3-5-7-13/h3-7,14,16H,8-12H2,1-2H3. The first-order chi connectivity index (χ1) is 8.22. The van der Waals surface area contributed by atoms with Crippen LogP contribution < -0.4 is 5.32 Å². The third kappa shape index (κ3) is 3.55. The average Bonchev–Trinajstić information content (AvgIpc) is 2.70. The Morgan fingerprint density at radius 3 is 2.82 bits per heavy atom. The molecule has 0 aromatic heterocycles. The lowest BCUT2D eigenvalue weighted by molar-refractivity contribution is 0.0129. The highest BCUT2D eigenvalue weighted by molar-refractivity contribution is 5.15. The van der Waals surface area contributed by atoms with Crippen LogP contribution in [0.1, 0.15) is 25.3 Å². The summed E-state index contributed by atoms with van der Waals surface area (Å²) in [6.45, 7) is 4.19. The number of ether oxygens (including phenoxy) is 1. The summed E-state index contributed by atoms with van der Waals surface area (Å²) in [6.07, 6.45) is 3.44. The SMILES string of the molecule is CNCCC1(C)CC(Cc2ccccc2)CO1. The summed E-state index contributed by atoms with van der Waals surface area (Å²) in [7, 11) is 2.00. The molecule has 0 radical (unpaired) electrons. The second-order valence-corrected chi connectivity index (χ2v) is 5.37. The van der Waals surface area contributed by atoms with Crippen molar-refractivity contribution >= 4 is 0 Å². The molecular formula is C15H23NO. The number of rotatable bonds is 5. The first-order valence-corrected chi connectivity index (χ1v) is 6.54. The zero-order valence-corrected chi connectivity index (χ0v) is 10.9. The predicted molar refractivity (Wildman–Crippen MR) is 71.2 cm³/mol. The van der Waals surface area contributed by atoms with Crippen LogP contribution in [-0.4, -0.2) is 25.8 Å². The predicted octanol–water partition coefficient (Wildman–Crippen LogP) is 2.63. The maximum atomic E-state index is 5.99. The van der Waals surface area contributed by atoms with Crippen molar-refractivity contribution in [3.63, 3.8) is 0 Å². The molecule has 2 heteroatoms. The number of benzene rings is 1. The van der Waals surface area contributed by atoms with Crippen LogP contribution in [0.3, 0.4) is 0 Å². The van der Waals surface area contributed by atoms with Crippen molar-refractivity contribution in [3.8, 4) is 0 Å². The van der Waals surface area contributed by atoms with Crippen LogP contribution in [0.2, 0.25) is 0 Å². The summed E-state index contributed by atoms with van der Waals surface area (Å²) in [5.74, 6) is 0.680. The van der Waals surface area contributed by atoms with Gasteiger partial charge in [-0.2, -0.15) is 0 Å². The molecule has 0 bridgehead atoms. The van der Waals surface area contributed by atoms with Gasteiger partial charge in [-0.1, -0.05) is 30.3 Å². The maximum Gasteiger partial charge on any atom is 0.0670 e. The lowest BCUT2D eigenvalue weighted by Gasteiger charge is -2.23. The minimum atomic E-state index is 0.0858. The molecule has 0 spiro atoms. The van der Waals surface area contributed by atoms with E-state index in [2.05, 4.69) is 42.6 Å². The maximum absolute atomic E-state index is 5.99. The normalized spacial score (nSPS) is 28.5. The zero-order valence-electron chi connectivity index (χ0n) is 10.9. The zero-order chi connectivity index (χ0) is 12.1. The fraction of sp³-hybridized carbons (Fsp3) is 0.600. The molecule has 0 aliphatic carbocycles. The van der Waals surface area contributed by atoms with Crippen molar-refractivity contribution in [1.29, 1.82) is 0 Å². The topological polar surface area (TPSA) is 21.3 Å². The van der Waals surface area contributed by atoms with E-state index in [1.807, 2.05) is 7.05 Å². The Hall–Kier alpha value is -0.860. The molecular weight excluding hydrogens is 210 g/mol. The van der Waals surface area contributed by atoms with E-state index in [-0.39, 0.29) is 5.60 Å². The smallest absolute Gasteiger partial charge is 0.0670 e. The monoisotopic (exact) mass is 233 g/mol. The lowest BCUT2D eigenvalue weighted by Crippen LogP contribution is -2.28. The second kappa shape index (κ2) is 5.65. The van der Waals surface area contributed by atoms with Crippen LogP contribution in [0.4, 0.5) is 0 Å². The molecule has 1 heterocycles. The molecule has 1 fully saturated rings. The summed E-state index contributed by atoms with van der Waals surface area (Å²) >= 11 is 0. The van der Waals surface area contributed by atoms with E-state index in [9.17, 15) is 0 Å². The van der Waals surface area contributed by atoms with E-state index >= 15 is 0 Å². The molecule has 2 nitrogen and oxygen atoms in total. The molecule has 94 valence electrons. The van der Waals surface area contributed by atoms with Crippen molar-refractivity contribution in [2.45, 2.75) is 31.8 Å². The van der Waals surface area contributed by atoms with Gasteiger partial charge in [0, 0.05) is 0 Å². The van der Waals surface area contributed by atoms with E-state index in [1.54, 1.807) is 0 Å². The van der Waals surface area contributed by atoms with Crippen LogP contribution in [0.15, 0.2) is 30.3 Å². The molecule has 1 aliphatic heterocycles. The highest BCUT2D eigenvalue weighted by atomic mass is 16.5. The molecule has 1 aromatic carbocycles. The summed E-state index contributed by atoms with van der Waals surface area (Å²) in [5.41, 5.74) is 1.52. The van der Waals surface area contributed by atoms with Gasteiger partial charge in [0.1, 0.15) is 0 Å². The molecule has 0 amide bonds. The molecule has 2 unspecified atom stereocenters. The fourth-order valence-corrected chi connectivity index (χ4v) is 2.69. The minimum Gasteiger partial charge on any atom is -0.375 e. The Bertz CT molecular complexity index is 338. The number of hydrogen-bond acceptors (Lipinski definition) is 2. The van der Waals surface area contributed by atoms with Gasteiger partial charge in [-0.15, -0.1) is 0 Å². The third-order valence-corrected chi connectivity index (χ3v) is 3.66. The molecule has 2 rings (SSSR count). The van der Waals surface area contributed by atoms with Gasteiger partial charge in [-0.3, -0.25) is 0 Å². The van der Waals surface area contributed by atoms with Gasteiger partial charge in [0.05, 0.1) is 12.2 Å². The quantitative estimate of drug-likeness (QED) is 0.844. The van der Waals surface area contributed by atoms with Gasteiger partial charge < -0.3 is 10.1 Å². The van der Waals surface area contributed by atoms with Crippen LogP contribution in [0.25, 0.3) is 0 Å². The largest absolute Gasteiger partial charge is 0.375 e. The number of nitrogens with one attached hydrogen (secondary N) is 1. The van der Waals surface area contributed by atoms with E-state index in [1.165, 1.54) is 12.0 Å². The Balaban J connectivity index is 1.85. The Labute approximate surface area is 104 Å². The van der Waals surface area contributed by atoms with Gasteiger partial charge >= 0.3 is 0 Å². The fourth-order valence-electron chi connectivity index (χ4n) is 2.69. The van der Waals surface area contributed by atoms with Crippen molar-refractivity contribution in [2.75, 3.05) is 20.2 Å². The van der Waals surface area contributed by atoms with Gasteiger partial charge in [-0.05, 0) is 51.3 Å². The van der Waals surface area contributed by atoms with Crippen LogP contribution in [-0.2, 0) is 11.2 Å². The first-order valence-electron chi connectivity index (χ1n) is 6.54. The van der Waals surface area contributed by atoms with Crippen LogP contribution in [0.5, 0.6) is 0 Å². The Kier molecular flexibility index (Phi) is 4.19. The van der Waals surface area contributed by atoms with Crippen LogP contribution >= 0.6 is 0 Å². The molecule has 0 saturated carbocycles. The van der Waals surface area contributed by atoms with E-state index in [0.29, 0.717) is 5.92 Å². The van der Waals surface area contributed by atoms with Gasteiger partial charge in [0.15, 0.2) is 0 Å². The highest BCUT2D eigenvalue weighted by Gasteiger charge is 2.35. The van der Waals surface area contributed by atoms with Crippen molar-refractivity contribution in [3.05, 3.63) is 35.9 Å². The average molecular weight is 233 g/mol. The molecule has 1 saturated heterocycles. The van der Waals surface area contributed by atoms with Gasteiger partial charge in [-0.25, -0.2) is 0 Å². The third-order valence-electron chi connectivity index (χ3n) is 3.66. The summed E-state index contributed by atoms with van der Waals surface area (Å²) in [4.78, 5) is 0. The van der Waals surface area contributed by atoms with Crippen LogP contribution in [0, 0.1) is 5.92 Å². The first kappa shape index (κ1) is 12.6. The second-order valence-electron chi connectivity index (χ2n) is 5.37. The van der Waals surface area contributed by atoms with Gasteiger partial charge in [0.25, 0.3) is 0 Å². The van der Waals surface area contributed by atoms with Crippen molar-refractivity contribution < 1.29 is 4.74 Å². The summed E-state index contributed by atoms with van der Waals surface area (Å²) < 4.78 is 5.99. The summed E-state index contributed by atoms with van der Waals surface area (Å²) in [5, 5.41) is 3.20. The molecule has 1 aliphatic rings. The highest BCUT2D eigenvalue weighted by Crippen LogP contribution is 2.34. The van der Waals surface area contributed by atoms with Gasteiger partial charge in [0.2, 0.25) is 0 Å². The van der Waals surface area contributed by atoms with Crippen molar-refractivity contribution in [2.24, 2.45) is 5.92 Å². The lowest BCUT2D eigenvalue weighted by atomic mass is 9.89. The Morgan fingerprint density at radius 2 is 2.12 bits per heavy atom. The minimum absolute atomic E-state index is 0.0858. The molecule has 17 heavy (non-hydrogen) atoms. The van der Waals surface area contributed by atoms with E-state index in [4.69, 9.17) is 4.74 Å². The van der Waals surface area contributed by atoms with Crippen molar-refractivity contribution in [1.82, 2.24) is 5.32 Å². The molecule has 1 N–H and O–H groups in total. The van der Waals surface area contributed by atoms with E-state index < -0.39 is 0 Å². The Morgan fingerprint density at radius 1 is 1.35 bits per heavy atom. The number of hydrogen-bond donors (Lipinski definition) is 1.